The fraction of sp³-hybridized carbons (Fsp3) is 0.400. The van der Waals surface area contributed by atoms with E-state index in [0.717, 1.165) is 0 Å². The van der Waals surface area contributed by atoms with E-state index >= 15 is 0 Å². The van der Waals surface area contributed by atoms with Crippen molar-refractivity contribution in [3.05, 3.63) is 33.3 Å². The van der Waals surface area contributed by atoms with Gasteiger partial charge in [-0.25, -0.2) is 0 Å². The molecular weight excluding hydrogens is 234 g/mol. The first-order valence-corrected chi connectivity index (χ1v) is 5.14. The largest absolute Gasteiger partial charge is 0.486 e. The number of halogens is 1. The fourth-order valence-electron chi connectivity index (χ4n) is 1.12. The number of hydrogen-bond acceptors (Lipinski definition) is 4. The SMILES string of the molecule is CC(O)CCOc1c(Cl)cccc1[N+](=O)[O-]. The first-order chi connectivity index (χ1) is 7.52. The van der Waals surface area contributed by atoms with E-state index in [0.29, 0.717) is 6.42 Å². The summed E-state index contributed by atoms with van der Waals surface area (Å²) < 4.78 is 5.21. The van der Waals surface area contributed by atoms with Crippen molar-refractivity contribution in [1.29, 1.82) is 0 Å². The number of hydrogen-bond donors (Lipinski definition) is 1. The minimum absolute atomic E-state index is 0.0508. The van der Waals surface area contributed by atoms with Crippen molar-refractivity contribution in [1.82, 2.24) is 0 Å². The maximum Gasteiger partial charge on any atom is 0.312 e. The first-order valence-electron chi connectivity index (χ1n) is 4.76. The first kappa shape index (κ1) is 12.7. The molecule has 1 atom stereocenters. The summed E-state index contributed by atoms with van der Waals surface area (Å²) in [5.41, 5.74) is -0.168. The van der Waals surface area contributed by atoms with E-state index in [1.165, 1.54) is 18.2 Å². The van der Waals surface area contributed by atoms with Crippen LogP contribution in [0.25, 0.3) is 0 Å². The summed E-state index contributed by atoms with van der Waals surface area (Å²) in [7, 11) is 0. The Morgan fingerprint density at radius 2 is 2.31 bits per heavy atom. The van der Waals surface area contributed by atoms with Gasteiger partial charge in [-0.15, -0.1) is 0 Å². The van der Waals surface area contributed by atoms with Crippen molar-refractivity contribution in [2.24, 2.45) is 0 Å². The summed E-state index contributed by atoms with van der Waals surface area (Å²) in [5.74, 6) is 0.0508. The average molecular weight is 246 g/mol. The molecule has 0 saturated heterocycles. The highest BCUT2D eigenvalue weighted by atomic mass is 35.5. The molecule has 0 amide bonds. The lowest BCUT2D eigenvalue weighted by Gasteiger charge is -2.09. The van der Waals surface area contributed by atoms with E-state index in [9.17, 15) is 10.1 Å². The summed E-state index contributed by atoms with van der Waals surface area (Å²) >= 11 is 5.80. The van der Waals surface area contributed by atoms with Crippen molar-refractivity contribution in [3.8, 4) is 5.75 Å². The lowest BCUT2D eigenvalue weighted by Crippen LogP contribution is -2.08. The van der Waals surface area contributed by atoms with Crippen LogP contribution in [0.1, 0.15) is 13.3 Å². The van der Waals surface area contributed by atoms with Gasteiger partial charge in [-0.1, -0.05) is 17.7 Å². The van der Waals surface area contributed by atoms with Gasteiger partial charge >= 0.3 is 5.69 Å². The van der Waals surface area contributed by atoms with Crippen LogP contribution in [0.5, 0.6) is 5.75 Å². The second-order valence-electron chi connectivity index (χ2n) is 3.33. The third-order valence-corrected chi connectivity index (χ3v) is 2.22. The van der Waals surface area contributed by atoms with Crippen molar-refractivity contribution < 1.29 is 14.8 Å². The lowest BCUT2D eigenvalue weighted by atomic mass is 10.3. The third-order valence-electron chi connectivity index (χ3n) is 1.92. The Morgan fingerprint density at radius 3 is 2.88 bits per heavy atom. The summed E-state index contributed by atoms with van der Waals surface area (Å²) in [5, 5.41) is 19.9. The molecule has 0 heterocycles. The Bertz CT molecular complexity index is 381. The van der Waals surface area contributed by atoms with E-state index in [4.69, 9.17) is 21.4 Å². The van der Waals surface area contributed by atoms with E-state index in [-0.39, 0.29) is 23.1 Å². The number of rotatable bonds is 5. The highest BCUT2D eigenvalue weighted by Gasteiger charge is 2.18. The van der Waals surface area contributed by atoms with Gasteiger partial charge in [0.15, 0.2) is 0 Å². The Hall–Kier alpha value is -1.33. The van der Waals surface area contributed by atoms with Crippen molar-refractivity contribution in [2.45, 2.75) is 19.4 Å². The highest BCUT2D eigenvalue weighted by Crippen LogP contribution is 2.34. The van der Waals surface area contributed by atoms with Gasteiger partial charge < -0.3 is 9.84 Å². The molecule has 1 N–H and O–H groups in total. The summed E-state index contributed by atoms with van der Waals surface area (Å²) in [6.07, 6.45) is -0.121. The number of nitro benzene ring substituents is 1. The van der Waals surface area contributed by atoms with E-state index in [1.807, 2.05) is 0 Å². The molecule has 0 spiro atoms. The molecule has 0 fully saturated rings. The fourth-order valence-corrected chi connectivity index (χ4v) is 1.34. The van der Waals surface area contributed by atoms with Gasteiger partial charge in [-0.3, -0.25) is 10.1 Å². The Balaban J connectivity index is 2.80. The number of nitrogens with zero attached hydrogens (tertiary/aromatic N) is 1. The third kappa shape index (κ3) is 3.36. The predicted octanol–water partition coefficient (Wildman–Crippen LogP) is 2.40. The van der Waals surface area contributed by atoms with Crippen molar-refractivity contribution in [2.75, 3.05) is 6.61 Å². The van der Waals surface area contributed by atoms with Crippen LogP contribution in [0.3, 0.4) is 0 Å². The minimum Gasteiger partial charge on any atom is -0.486 e. The molecule has 0 aliphatic rings. The maximum absolute atomic E-state index is 10.7. The van der Waals surface area contributed by atoms with Crippen LogP contribution in [-0.2, 0) is 0 Å². The maximum atomic E-state index is 10.7. The Morgan fingerprint density at radius 1 is 1.62 bits per heavy atom. The molecule has 1 aromatic carbocycles. The van der Waals surface area contributed by atoms with Gasteiger partial charge in [0, 0.05) is 12.5 Å². The molecule has 0 aliphatic carbocycles. The van der Waals surface area contributed by atoms with Crippen LogP contribution in [0.4, 0.5) is 5.69 Å². The van der Waals surface area contributed by atoms with E-state index in [2.05, 4.69) is 0 Å². The van der Waals surface area contributed by atoms with Gasteiger partial charge in [0.2, 0.25) is 5.75 Å². The van der Waals surface area contributed by atoms with Gasteiger partial charge in [-0.2, -0.15) is 0 Å². The molecular formula is C10H12ClNO4. The summed E-state index contributed by atoms with van der Waals surface area (Å²) in [6, 6.07) is 4.33. The van der Waals surface area contributed by atoms with Gasteiger partial charge in [0.05, 0.1) is 22.7 Å². The lowest BCUT2D eigenvalue weighted by molar-refractivity contribution is -0.385. The second kappa shape index (κ2) is 5.67. The Labute approximate surface area is 97.8 Å². The Kier molecular flexibility index (Phi) is 4.52. The molecule has 6 heteroatoms. The number of aliphatic hydroxyl groups is 1. The molecule has 0 radical (unpaired) electrons. The molecule has 1 unspecified atom stereocenters. The predicted molar refractivity (Wildman–Crippen MR) is 59.9 cm³/mol. The average Bonchev–Trinajstić information content (AvgIpc) is 2.19. The van der Waals surface area contributed by atoms with Crippen LogP contribution in [0.2, 0.25) is 5.02 Å². The molecule has 0 bridgehead atoms. The van der Waals surface area contributed by atoms with Gasteiger partial charge in [-0.05, 0) is 13.0 Å². The van der Waals surface area contributed by atoms with Crippen molar-refractivity contribution in [3.63, 3.8) is 0 Å². The van der Waals surface area contributed by atoms with Crippen LogP contribution < -0.4 is 4.74 Å². The molecule has 88 valence electrons. The van der Waals surface area contributed by atoms with E-state index < -0.39 is 11.0 Å². The smallest absolute Gasteiger partial charge is 0.312 e. The topological polar surface area (TPSA) is 72.6 Å². The number of aliphatic hydroxyl groups excluding tert-OH is 1. The number of nitro groups is 1. The van der Waals surface area contributed by atoms with Crippen LogP contribution in [0.15, 0.2) is 18.2 Å². The highest BCUT2D eigenvalue weighted by molar-refractivity contribution is 6.32. The monoisotopic (exact) mass is 245 g/mol. The van der Waals surface area contributed by atoms with Crippen LogP contribution in [0, 0.1) is 10.1 Å². The zero-order valence-corrected chi connectivity index (χ0v) is 9.48. The molecule has 0 saturated carbocycles. The molecule has 0 aliphatic heterocycles. The standard InChI is InChI=1S/C10H12ClNO4/c1-7(13)5-6-16-10-8(11)3-2-4-9(10)12(14)15/h2-4,7,13H,5-6H2,1H3. The minimum atomic E-state index is -0.552. The zero-order valence-electron chi connectivity index (χ0n) is 8.72. The van der Waals surface area contributed by atoms with Crippen LogP contribution in [-0.4, -0.2) is 22.7 Å². The molecule has 0 aromatic heterocycles. The number of benzene rings is 1. The summed E-state index contributed by atoms with van der Waals surface area (Å²) in [6.45, 7) is 1.80. The second-order valence-corrected chi connectivity index (χ2v) is 3.74. The summed E-state index contributed by atoms with van der Waals surface area (Å²) in [4.78, 5) is 10.1. The quantitative estimate of drug-likeness (QED) is 0.639. The van der Waals surface area contributed by atoms with Gasteiger partial charge in [0.25, 0.3) is 0 Å². The molecule has 5 nitrogen and oxygen atoms in total. The molecule has 16 heavy (non-hydrogen) atoms. The zero-order chi connectivity index (χ0) is 12.1. The number of ether oxygens (including phenoxy) is 1. The van der Waals surface area contributed by atoms with Gasteiger partial charge in [0.1, 0.15) is 0 Å². The van der Waals surface area contributed by atoms with Crippen LogP contribution >= 0.6 is 11.6 Å². The molecule has 1 rings (SSSR count). The number of para-hydroxylation sites is 1. The van der Waals surface area contributed by atoms with Crippen molar-refractivity contribution >= 4 is 17.3 Å². The normalized spacial score (nSPS) is 12.2. The van der Waals surface area contributed by atoms with E-state index in [1.54, 1.807) is 6.92 Å². The molecule has 1 aromatic rings.